The highest BCUT2D eigenvalue weighted by molar-refractivity contribution is 6.05. The number of hydrogen-bond acceptors (Lipinski definition) is 4. The van der Waals surface area contributed by atoms with Crippen molar-refractivity contribution in [1.82, 2.24) is 9.97 Å². The lowest BCUT2D eigenvalue weighted by molar-refractivity contribution is 0.0984. The molecule has 5 heteroatoms. The third-order valence-electron chi connectivity index (χ3n) is 4.32. The summed E-state index contributed by atoms with van der Waals surface area (Å²) in [7, 11) is 0. The third-order valence-corrected chi connectivity index (χ3v) is 4.32. The van der Waals surface area contributed by atoms with Crippen LogP contribution >= 0.6 is 0 Å². The molecule has 0 fully saturated rings. The van der Waals surface area contributed by atoms with E-state index in [4.69, 9.17) is 0 Å². The molecule has 1 aliphatic heterocycles. The van der Waals surface area contributed by atoms with E-state index in [9.17, 15) is 4.79 Å². The van der Waals surface area contributed by atoms with Crippen LogP contribution in [0.5, 0.6) is 0 Å². The molecule has 1 N–H and O–H groups in total. The number of aromatic nitrogens is 2. The number of para-hydroxylation sites is 1. The molecule has 0 radical (unpaired) electrons. The van der Waals surface area contributed by atoms with Crippen LogP contribution in [0, 0.1) is 0 Å². The fourth-order valence-electron chi connectivity index (χ4n) is 3.01. The first-order chi connectivity index (χ1) is 12.3. The summed E-state index contributed by atoms with van der Waals surface area (Å²) in [6.45, 7) is 1.36. The highest BCUT2D eigenvalue weighted by Gasteiger charge is 2.26. The Kier molecular flexibility index (Phi) is 4.12. The molecular formula is C20H18N4O. The zero-order valence-corrected chi connectivity index (χ0v) is 13.7. The minimum absolute atomic E-state index is 0.105. The number of benzene rings is 2. The summed E-state index contributed by atoms with van der Waals surface area (Å²) in [5.74, 6) is 0.550. The van der Waals surface area contributed by atoms with Gasteiger partial charge in [-0.3, -0.25) is 4.79 Å². The Bertz CT molecular complexity index is 878. The zero-order chi connectivity index (χ0) is 17.1. The molecule has 0 saturated heterocycles. The van der Waals surface area contributed by atoms with Gasteiger partial charge in [-0.1, -0.05) is 48.5 Å². The summed E-state index contributed by atoms with van der Waals surface area (Å²) in [6, 6.07) is 18.1. The fourth-order valence-corrected chi connectivity index (χ4v) is 3.01. The van der Waals surface area contributed by atoms with Crippen LogP contribution in [0.4, 0.5) is 11.5 Å². The Hall–Kier alpha value is -3.21. The number of rotatable bonds is 4. The molecule has 5 nitrogen and oxygen atoms in total. The molecule has 2 aromatic carbocycles. The van der Waals surface area contributed by atoms with Gasteiger partial charge in [0.1, 0.15) is 11.5 Å². The van der Waals surface area contributed by atoms with Gasteiger partial charge in [-0.2, -0.15) is 0 Å². The maximum atomic E-state index is 12.7. The minimum atomic E-state index is -0.105. The fraction of sp³-hybridized carbons (Fsp3) is 0.150. The van der Waals surface area contributed by atoms with E-state index in [-0.39, 0.29) is 5.91 Å². The smallest absolute Gasteiger partial charge is 0.278 e. The lowest BCUT2D eigenvalue weighted by Gasteiger charge is -2.16. The van der Waals surface area contributed by atoms with Gasteiger partial charge in [-0.25, -0.2) is 9.97 Å². The maximum Gasteiger partial charge on any atom is 0.278 e. The highest BCUT2D eigenvalue weighted by Crippen LogP contribution is 2.28. The normalized spacial score (nSPS) is 12.7. The van der Waals surface area contributed by atoms with Crippen molar-refractivity contribution in [2.75, 3.05) is 16.8 Å². The van der Waals surface area contributed by atoms with Gasteiger partial charge in [0.25, 0.3) is 5.91 Å². The molecule has 4 rings (SSSR count). The van der Waals surface area contributed by atoms with Crippen LogP contribution in [0.25, 0.3) is 0 Å². The molecule has 0 aliphatic carbocycles. The second-order valence-corrected chi connectivity index (χ2v) is 5.96. The molecule has 0 spiro atoms. The van der Waals surface area contributed by atoms with Gasteiger partial charge >= 0.3 is 0 Å². The van der Waals surface area contributed by atoms with Crippen molar-refractivity contribution >= 4 is 17.4 Å². The predicted molar refractivity (Wildman–Crippen MR) is 97.6 cm³/mol. The number of nitrogens with zero attached hydrogens (tertiary/aromatic N) is 3. The Morgan fingerprint density at radius 3 is 2.60 bits per heavy atom. The molecule has 0 bridgehead atoms. The largest absolute Gasteiger partial charge is 0.365 e. The SMILES string of the molecule is O=C(c1cnc(NCc2ccccc2)cn1)N1CCc2ccccc21. The van der Waals surface area contributed by atoms with E-state index in [1.54, 1.807) is 11.1 Å². The maximum absolute atomic E-state index is 12.7. The van der Waals surface area contributed by atoms with E-state index in [0.717, 1.165) is 17.7 Å². The van der Waals surface area contributed by atoms with Gasteiger partial charge in [0.15, 0.2) is 0 Å². The predicted octanol–water partition coefficient (Wildman–Crippen LogP) is 3.29. The van der Waals surface area contributed by atoms with Crippen LogP contribution in [0.1, 0.15) is 21.6 Å². The lowest BCUT2D eigenvalue weighted by atomic mass is 10.2. The number of amides is 1. The Labute approximate surface area is 146 Å². The van der Waals surface area contributed by atoms with Crippen LogP contribution in [0.15, 0.2) is 67.0 Å². The molecule has 0 unspecified atom stereocenters. The summed E-state index contributed by atoms with van der Waals surface area (Å²) >= 11 is 0. The number of hydrogen-bond donors (Lipinski definition) is 1. The summed E-state index contributed by atoms with van der Waals surface area (Å²) in [5.41, 5.74) is 3.70. The van der Waals surface area contributed by atoms with Crippen molar-refractivity contribution in [3.8, 4) is 0 Å². The number of anilines is 2. The van der Waals surface area contributed by atoms with Gasteiger partial charge < -0.3 is 10.2 Å². The summed E-state index contributed by atoms with van der Waals surface area (Å²) < 4.78 is 0. The van der Waals surface area contributed by atoms with Crippen molar-refractivity contribution in [2.45, 2.75) is 13.0 Å². The number of fused-ring (bicyclic) bond motifs is 1. The van der Waals surface area contributed by atoms with Crippen LogP contribution < -0.4 is 10.2 Å². The molecule has 25 heavy (non-hydrogen) atoms. The van der Waals surface area contributed by atoms with Crippen molar-refractivity contribution in [3.05, 3.63) is 83.8 Å². The molecule has 124 valence electrons. The summed E-state index contributed by atoms with van der Waals surface area (Å²) in [4.78, 5) is 23.1. The number of carbonyl (C=O) groups is 1. The Morgan fingerprint density at radius 2 is 1.80 bits per heavy atom. The molecule has 3 aromatic rings. The van der Waals surface area contributed by atoms with Crippen molar-refractivity contribution in [1.29, 1.82) is 0 Å². The lowest BCUT2D eigenvalue weighted by Crippen LogP contribution is -2.29. The molecule has 1 aliphatic rings. The first kappa shape index (κ1) is 15.3. The van der Waals surface area contributed by atoms with E-state index in [2.05, 4.69) is 21.4 Å². The zero-order valence-electron chi connectivity index (χ0n) is 13.7. The number of nitrogens with one attached hydrogen (secondary N) is 1. The number of carbonyl (C=O) groups excluding carboxylic acids is 1. The average Bonchev–Trinajstić information content (AvgIpc) is 3.11. The van der Waals surface area contributed by atoms with E-state index >= 15 is 0 Å². The quantitative estimate of drug-likeness (QED) is 0.797. The molecule has 0 atom stereocenters. The highest BCUT2D eigenvalue weighted by atomic mass is 16.2. The van der Waals surface area contributed by atoms with E-state index in [1.807, 2.05) is 48.5 Å². The average molecular weight is 330 g/mol. The first-order valence-electron chi connectivity index (χ1n) is 8.31. The first-order valence-corrected chi connectivity index (χ1v) is 8.31. The van der Waals surface area contributed by atoms with Crippen molar-refractivity contribution in [2.24, 2.45) is 0 Å². The summed E-state index contributed by atoms with van der Waals surface area (Å²) in [6.07, 6.45) is 4.03. The third kappa shape index (κ3) is 3.21. The Balaban J connectivity index is 1.44. The second kappa shape index (κ2) is 6.73. The van der Waals surface area contributed by atoms with Crippen LogP contribution in [-0.2, 0) is 13.0 Å². The van der Waals surface area contributed by atoms with Crippen LogP contribution in [-0.4, -0.2) is 22.4 Å². The van der Waals surface area contributed by atoms with Gasteiger partial charge in [-0.05, 0) is 23.6 Å². The molecule has 2 heterocycles. The molecule has 1 aromatic heterocycles. The van der Waals surface area contributed by atoms with E-state index < -0.39 is 0 Å². The van der Waals surface area contributed by atoms with Crippen molar-refractivity contribution in [3.63, 3.8) is 0 Å². The van der Waals surface area contributed by atoms with E-state index in [1.165, 1.54) is 11.8 Å². The van der Waals surface area contributed by atoms with Crippen molar-refractivity contribution < 1.29 is 4.79 Å². The van der Waals surface area contributed by atoms with E-state index in [0.29, 0.717) is 24.6 Å². The minimum Gasteiger partial charge on any atom is -0.365 e. The van der Waals surface area contributed by atoms with Crippen LogP contribution in [0.2, 0.25) is 0 Å². The molecular weight excluding hydrogens is 312 g/mol. The summed E-state index contributed by atoms with van der Waals surface area (Å²) in [5, 5.41) is 3.21. The Morgan fingerprint density at radius 1 is 1.00 bits per heavy atom. The van der Waals surface area contributed by atoms with Crippen LogP contribution in [0.3, 0.4) is 0 Å². The van der Waals surface area contributed by atoms with Gasteiger partial charge in [0, 0.05) is 18.8 Å². The monoisotopic (exact) mass is 330 g/mol. The second-order valence-electron chi connectivity index (χ2n) is 5.96. The topological polar surface area (TPSA) is 58.1 Å². The van der Waals surface area contributed by atoms with Gasteiger partial charge in [0.2, 0.25) is 0 Å². The molecule has 1 amide bonds. The molecule has 0 saturated carbocycles. The standard InChI is InChI=1S/C20H18N4O/c25-20(24-11-10-16-8-4-5-9-18(16)24)17-13-23-19(14-21-17)22-12-15-6-2-1-3-7-15/h1-9,13-14H,10-12H2,(H,22,23). The van der Waals surface area contributed by atoms with Gasteiger partial charge in [0.05, 0.1) is 12.4 Å². The van der Waals surface area contributed by atoms with Gasteiger partial charge in [-0.15, -0.1) is 0 Å².